The minimum absolute atomic E-state index is 0.0731. The van der Waals surface area contributed by atoms with Crippen molar-refractivity contribution >= 4 is 23.0 Å². The fourth-order valence-corrected chi connectivity index (χ4v) is 2.67. The van der Waals surface area contributed by atoms with Crippen LogP contribution in [-0.4, -0.2) is 25.5 Å². The third kappa shape index (κ3) is 4.57. The highest BCUT2D eigenvalue weighted by molar-refractivity contribution is 5.91. The van der Waals surface area contributed by atoms with Gasteiger partial charge in [0.05, 0.1) is 5.69 Å². The van der Waals surface area contributed by atoms with Crippen molar-refractivity contribution in [3.63, 3.8) is 0 Å². The largest absolute Gasteiger partial charge is 0.384 e. The summed E-state index contributed by atoms with van der Waals surface area (Å²) in [6.07, 6.45) is 0.405. The number of aromatic nitrogens is 3. The summed E-state index contributed by atoms with van der Waals surface area (Å²) >= 11 is 0. The van der Waals surface area contributed by atoms with E-state index in [1.165, 1.54) is 0 Å². The molecular weight excluding hydrogens is 316 g/mol. The van der Waals surface area contributed by atoms with Crippen LogP contribution in [-0.2, 0) is 15.9 Å². The Bertz CT molecular complexity index is 787. The molecule has 0 aromatic carbocycles. The predicted octanol–water partition coefficient (Wildman–Crippen LogP) is 3.79. The number of anilines is 1. The number of carbonyl (C=O) groups is 1. The van der Waals surface area contributed by atoms with E-state index in [9.17, 15) is 9.90 Å². The molecule has 0 saturated heterocycles. The summed E-state index contributed by atoms with van der Waals surface area (Å²) in [7, 11) is 0. The number of nitrogens with one attached hydrogen (secondary N) is 1. The molecule has 25 heavy (non-hydrogen) atoms. The lowest BCUT2D eigenvalue weighted by Gasteiger charge is -2.25. The minimum Gasteiger partial charge on any atom is -0.384 e. The zero-order chi connectivity index (χ0) is 19.2. The molecule has 2 N–H and O–H groups in total. The molecule has 0 bridgehead atoms. The van der Waals surface area contributed by atoms with Gasteiger partial charge in [0.25, 0.3) is 0 Å². The molecule has 0 spiro atoms. The number of carbonyl (C=O) groups excluding carboxylic acids is 1. The first-order valence-corrected chi connectivity index (χ1v) is 8.61. The number of fused-ring (bicyclic) bond motifs is 1. The molecule has 0 aliphatic rings. The van der Waals surface area contributed by atoms with Crippen LogP contribution in [0.25, 0.3) is 11.2 Å². The van der Waals surface area contributed by atoms with E-state index in [-0.39, 0.29) is 16.9 Å². The highest BCUT2D eigenvalue weighted by Gasteiger charge is 2.27. The van der Waals surface area contributed by atoms with Gasteiger partial charge < -0.3 is 5.11 Å². The maximum atomic E-state index is 12.4. The van der Waals surface area contributed by atoms with Crippen molar-refractivity contribution < 1.29 is 9.90 Å². The second-order valence-corrected chi connectivity index (χ2v) is 9.33. The first kappa shape index (κ1) is 19.4. The normalized spacial score (nSPS) is 13.3. The maximum Gasteiger partial charge on any atom is 0.227 e. The number of imidazole rings is 1. The number of pyridine rings is 1. The van der Waals surface area contributed by atoms with Crippen LogP contribution in [0.4, 0.5) is 5.95 Å². The van der Waals surface area contributed by atoms with E-state index in [1.807, 2.05) is 52.2 Å². The number of nitrogens with zero attached hydrogens (tertiary/aromatic N) is 3. The monoisotopic (exact) mass is 346 g/mol. The van der Waals surface area contributed by atoms with Crippen molar-refractivity contribution in [2.24, 2.45) is 5.41 Å². The molecule has 0 aliphatic heterocycles. The summed E-state index contributed by atoms with van der Waals surface area (Å²) in [5, 5.41) is 13.2. The van der Waals surface area contributed by atoms with Crippen molar-refractivity contribution in [3.8, 4) is 0 Å². The summed E-state index contributed by atoms with van der Waals surface area (Å²) < 4.78 is 1.91. The van der Waals surface area contributed by atoms with E-state index in [0.29, 0.717) is 29.2 Å². The van der Waals surface area contributed by atoms with Gasteiger partial charge in [-0.3, -0.25) is 14.7 Å². The molecule has 0 aliphatic carbocycles. The Balaban J connectivity index is 2.55. The van der Waals surface area contributed by atoms with Crippen molar-refractivity contribution in [2.45, 2.75) is 73.0 Å². The SMILES string of the molecule is CC(C)(C)CC(=O)Nc1nc2ccc(C(C)(C)O)nc2n1C(C)(C)C. The third-order valence-corrected chi connectivity index (χ3v) is 3.74. The Morgan fingerprint density at radius 1 is 1.08 bits per heavy atom. The van der Waals surface area contributed by atoms with Gasteiger partial charge in [-0.05, 0) is 52.2 Å². The minimum atomic E-state index is -1.04. The maximum absolute atomic E-state index is 12.4. The van der Waals surface area contributed by atoms with Crippen LogP contribution in [0.3, 0.4) is 0 Å². The number of rotatable bonds is 3. The van der Waals surface area contributed by atoms with Gasteiger partial charge >= 0.3 is 0 Å². The summed E-state index contributed by atoms with van der Waals surface area (Å²) in [5.74, 6) is 0.410. The van der Waals surface area contributed by atoms with Gasteiger partial charge in [0.2, 0.25) is 11.9 Å². The fraction of sp³-hybridized carbons (Fsp3) is 0.632. The third-order valence-electron chi connectivity index (χ3n) is 3.74. The van der Waals surface area contributed by atoms with Crippen molar-refractivity contribution in [2.75, 3.05) is 5.32 Å². The van der Waals surface area contributed by atoms with Crippen LogP contribution in [0, 0.1) is 5.41 Å². The van der Waals surface area contributed by atoms with Gasteiger partial charge in [-0.15, -0.1) is 0 Å². The quantitative estimate of drug-likeness (QED) is 0.886. The van der Waals surface area contributed by atoms with E-state index < -0.39 is 5.60 Å². The van der Waals surface area contributed by atoms with Crippen LogP contribution in [0.5, 0.6) is 0 Å². The smallest absolute Gasteiger partial charge is 0.227 e. The van der Waals surface area contributed by atoms with Crippen LogP contribution < -0.4 is 5.32 Å². The zero-order valence-corrected chi connectivity index (χ0v) is 16.6. The lowest BCUT2D eigenvalue weighted by atomic mass is 9.92. The van der Waals surface area contributed by atoms with E-state index in [4.69, 9.17) is 0 Å². The number of hydrogen-bond donors (Lipinski definition) is 2. The summed E-state index contributed by atoms with van der Waals surface area (Å²) in [6.45, 7) is 15.6. The summed E-state index contributed by atoms with van der Waals surface area (Å²) in [5.41, 5.74) is 0.431. The molecule has 2 rings (SSSR count). The average Bonchev–Trinajstić information content (AvgIpc) is 2.71. The number of amides is 1. The van der Waals surface area contributed by atoms with Gasteiger partial charge in [-0.1, -0.05) is 20.8 Å². The van der Waals surface area contributed by atoms with E-state index in [0.717, 1.165) is 0 Å². The van der Waals surface area contributed by atoms with Crippen molar-refractivity contribution in [1.82, 2.24) is 14.5 Å². The molecule has 2 aromatic rings. The molecule has 6 heteroatoms. The van der Waals surface area contributed by atoms with Crippen LogP contribution in [0.2, 0.25) is 0 Å². The van der Waals surface area contributed by atoms with Gasteiger partial charge in [-0.2, -0.15) is 0 Å². The number of aliphatic hydroxyl groups is 1. The molecule has 138 valence electrons. The van der Waals surface area contributed by atoms with E-state index >= 15 is 0 Å². The van der Waals surface area contributed by atoms with E-state index in [1.54, 1.807) is 19.9 Å². The van der Waals surface area contributed by atoms with Crippen LogP contribution in [0.1, 0.15) is 67.5 Å². The molecule has 6 nitrogen and oxygen atoms in total. The molecular formula is C19H30N4O2. The van der Waals surface area contributed by atoms with Gasteiger partial charge in [0.15, 0.2) is 5.65 Å². The Kier molecular flexibility index (Phi) is 4.72. The summed E-state index contributed by atoms with van der Waals surface area (Å²) in [4.78, 5) is 21.6. The molecule has 1 amide bonds. The Labute approximate surface area is 149 Å². The van der Waals surface area contributed by atoms with Crippen LogP contribution >= 0.6 is 0 Å². The molecule has 0 atom stereocenters. The highest BCUT2D eigenvalue weighted by Crippen LogP contribution is 2.29. The molecule has 0 radical (unpaired) electrons. The van der Waals surface area contributed by atoms with Crippen LogP contribution in [0.15, 0.2) is 12.1 Å². The zero-order valence-electron chi connectivity index (χ0n) is 16.6. The molecule has 2 heterocycles. The predicted molar refractivity (Wildman–Crippen MR) is 100 cm³/mol. The topological polar surface area (TPSA) is 80.0 Å². The summed E-state index contributed by atoms with van der Waals surface area (Å²) in [6, 6.07) is 3.60. The Morgan fingerprint density at radius 3 is 2.16 bits per heavy atom. The second-order valence-electron chi connectivity index (χ2n) is 9.33. The first-order chi connectivity index (χ1) is 11.2. The molecule has 2 aromatic heterocycles. The average molecular weight is 346 g/mol. The van der Waals surface area contributed by atoms with E-state index in [2.05, 4.69) is 15.3 Å². The molecule has 0 fully saturated rings. The van der Waals surface area contributed by atoms with Gasteiger partial charge in [-0.25, -0.2) is 9.97 Å². The lowest BCUT2D eigenvalue weighted by Crippen LogP contribution is -2.28. The Hall–Kier alpha value is -1.95. The van der Waals surface area contributed by atoms with Crippen molar-refractivity contribution in [1.29, 1.82) is 0 Å². The Morgan fingerprint density at radius 2 is 1.68 bits per heavy atom. The lowest BCUT2D eigenvalue weighted by molar-refractivity contribution is -0.117. The standard InChI is InChI=1S/C19H30N4O2/c1-17(2,3)11-14(24)22-16-20-12-9-10-13(19(7,8)25)21-15(12)23(16)18(4,5)6/h9-10,25H,11H2,1-8H3,(H,20,22,24). The first-order valence-electron chi connectivity index (χ1n) is 8.61. The number of hydrogen-bond acceptors (Lipinski definition) is 4. The van der Waals surface area contributed by atoms with Crippen molar-refractivity contribution in [3.05, 3.63) is 17.8 Å². The van der Waals surface area contributed by atoms with Gasteiger partial charge in [0.1, 0.15) is 11.1 Å². The molecule has 0 unspecified atom stereocenters. The second kappa shape index (κ2) is 6.09. The fourth-order valence-electron chi connectivity index (χ4n) is 2.67. The molecule has 0 saturated carbocycles. The highest BCUT2D eigenvalue weighted by atomic mass is 16.3. The van der Waals surface area contributed by atoms with Gasteiger partial charge in [0, 0.05) is 12.0 Å².